The Labute approximate surface area is 91.6 Å². The standard InChI is InChI=1S/C11H22N2O2/c1-2-10(11(14)15)12-6-9-13-7-4-3-5-8-13/h10,12H,2-9H2,1H3,(H,14,15). The summed E-state index contributed by atoms with van der Waals surface area (Å²) < 4.78 is 0. The predicted octanol–water partition coefficient (Wildman–Crippen LogP) is 0.925. The minimum Gasteiger partial charge on any atom is -0.480 e. The first kappa shape index (κ1) is 12.5. The van der Waals surface area contributed by atoms with E-state index in [1.165, 1.54) is 32.4 Å². The highest BCUT2D eigenvalue weighted by atomic mass is 16.4. The number of likely N-dealkylation sites (tertiary alicyclic amines) is 1. The fraction of sp³-hybridized carbons (Fsp3) is 0.909. The van der Waals surface area contributed by atoms with Crippen LogP contribution < -0.4 is 5.32 Å². The second-order valence-electron chi connectivity index (χ2n) is 4.16. The molecule has 0 aromatic heterocycles. The largest absolute Gasteiger partial charge is 0.480 e. The number of carboxylic acids is 1. The van der Waals surface area contributed by atoms with Crippen LogP contribution in [0.4, 0.5) is 0 Å². The van der Waals surface area contributed by atoms with E-state index in [-0.39, 0.29) is 6.04 Å². The van der Waals surface area contributed by atoms with Gasteiger partial charge in [-0.2, -0.15) is 0 Å². The van der Waals surface area contributed by atoms with Gasteiger partial charge in [0.15, 0.2) is 0 Å². The van der Waals surface area contributed by atoms with E-state index in [9.17, 15) is 4.79 Å². The zero-order valence-electron chi connectivity index (χ0n) is 9.54. The van der Waals surface area contributed by atoms with E-state index in [0.717, 1.165) is 13.1 Å². The number of rotatable bonds is 6. The Morgan fingerprint density at radius 2 is 2.07 bits per heavy atom. The Balaban J connectivity index is 2.11. The van der Waals surface area contributed by atoms with Crippen molar-refractivity contribution >= 4 is 5.97 Å². The van der Waals surface area contributed by atoms with Crippen LogP contribution in [0.25, 0.3) is 0 Å². The number of aliphatic carboxylic acids is 1. The van der Waals surface area contributed by atoms with Crippen LogP contribution in [0.3, 0.4) is 0 Å². The summed E-state index contributed by atoms with van der Waals surface area (Å²) in [4.78, 5) is 13.1. The lowest BCUT2D eigenvalue weighted by Gasteiger charge is -2.26. The van der Waals surface area contributed by atoms with Crippen molar-refractivity contribution in [3.05, 3.63) is 0 Å². The van der Waals surface area contributed by atoms with Crippen LogP contribution in [0, 0.1) is 0 Å². The Morgan fingerprint density at radius 3 is 2.60 bits per heavy atom. The molecule has 0 amide bonds. The quantitative estimate of drug-likeness (QED) is 0.690. The van der Waals surface area contributed by atoms with E-state index < -0.39 is 5.97 Å². The molecule has 4 nitrogen and oxygen atoms in total. The third-order valence-electron chi connectivity index (χ3n) is 2.97. The lowest BCUT2D eigenvalue weighted by molar-refractivity contribution is -0.139. The first-order valence-electron chi connectivity index (χ1n) is 5.92. The maximum atomic E-state index is 10.7. The summed E-state index contributed by atoms with van der Waals surface area (Å²) in [6.45, 7) is 6.00. The van der Waals surface area contributed by atoms with Gasteiger partial charge in [-0.05, 0) is 32.4 Å². The molecule has 0 spiro atoms. The summed E-state index contributed by atoms with van der Waals surface area (Å²) in [5, 5.41) is 11.9. The lowest BCUT2D eigenvalue weighted by atomic mass is 10.1. The SMILES string of the molecule is CCC(NCCN1CCCCC1)C(=O)O. The number of hydrogen-bond donors (Lipinski definition) is 2. The summed E-state index contributed by atoms with van der Waals surface area (Å²) >= 11 is 0. The average Bonchev–Trinajstić information content (AvgIpc) is 2.25. The van der Waals surface area contributed by atoms with Gasteiger partial charge >= 0.3 is 5.97 Å². The van der Waals surface area contributed by atoms with Gasteiger partial charge in [-0.1, -0.05) is 13.3 Å². The normalized spacial score (nSPS) is 20.1. The van der Waals surface area contributed by atoms with E-state index in [1.807, 2.05) is 6.92 Å². The molecule has 1 heterocycles. The first-order chi connectivity index (χ1) is 7.24. The van der Waals surface area contributed by atoms with Gasteiger partial charge in [-0.3, -0.25) is 4.79 Å². The number of nitrogens with zero attached hydrogens (tertiary/aromatic N) is 1. The molecule has 4 heteroatoms. The molecule has 1 unspecified atom stereocenters. The van der Waals surface area contributed by atoms with Gasteiger partial charge < -0.3 is 15.3 Å². The molecule has 0 aromatic carbocycles. The molecule has 0 aromatic rings. The van der Waals surface area contributed by atoms with Gasteiger partial charge in [0.1, 0.15) is 6.04 Å². The van der Waals surface area contributed by atoms with Crippen LogP contribution in [0.15, 0.2) is 0 Å². The van der Waals surface area contributed by atoms with E-state index in [0.29, 0.717) is 6.42 Å². The predicted molar refractivity (Wildman–Crippen MR) is 60.0 cm³/mol. The summed E-state index contributed by atoms with van der Waals surface area (Å²) in [5.41, 5.74) is 0. The number of nitrogens with one attached hydrogen (secondary N) is 1. The van der Waals surface area contributed by atoms with Crippen molar-refractivity contribution in [3.63, 3.8) is 0 Å². The molecular weight excluding hydrogens is 192 g/mol. The fourth-order valence-electron chi connectivity index (χ4n) is 1.99. The van der Waals surface area contributed by atoms with Crippen molar-refractivity contribution in [2.45, 2.75) is 38.6 Å². The summed E-state index contributed by atoms with van der Waals surface area (Å²) in [5.74, 6) is -0.740. The van der Waals surface area contributed by atoms with Crippen molar-refractivity contribution in [1.29, 1.82) is 0 Å². The van der Waals surface area contributed by atoms with E-state index in [1.54, 1.807) is 0 Å². The summed E-state index contributed by atoms with van der Waals surface area (Å²) in [6.07, 6.45) is 4.57. The number of piperidine rings is 1. The third kappa shape index (κ3) is 4.62. The molecule has 0 saturated carbocycles. The van der Waals surface area contributed by atoms with Crippen LogP contribution in [0.5, 0.6) is 0 Å². The highest BCUT2D eigenvalue weighted by Gasteiger charge is 2.14. The molecule has 0 aliphatic carbocycles. The Kier molecular flexibility index (Phi) is 5.65. The Morgan fingerprint density at radius 1 is 1.40 bits per heavy atom. The molecular formula is C11H22N2O2. The molecule has 0 bridgehead atoms. The molecule has 1 saturated heterocycles. The molecule has 2 N–H and O–H groups in total. The van der Waals surface area contributed by atoms with Crippen molar-refractivity contribution in [2.24, 2.45) is 0 Å². The van der Waals surface area contributed by atoms with Crippen molar-refractivity contribution in [1.82, 2.24) is 10.2 Å². The van der Waals surface area contributed by atoms with Gasteiger partial charge in [0.25, 0.3) is 0 Å². The van der Waals surface area contributed by atoms with E-state index >= 15 is 0 Å². The van der Waals surface area contributed by atoms with E-state index in [2.05, 4.69) is 10.2 Å². The van der Waals surface area contributed by atoms with Gasteiger partial charge in [-0.15, -0.1) is 0 Å². The Hall–Kier alpha value is -0.610. The van der Waals surface area contributed by atoms with E-state index in [4.69, 9.17) is 5.11 Å². The van der Waals surface area contributed by atoms with Crippen molar-refractivity contribution < 1.29 is 9.90 Å². The monoisotopic (exact) mass is 214 g/mol. The molecule has 1 aliphatic rings. The maximum Gasteiger partial charge on any atom is 0.320 e. The number of carboxylic acid groups (broad SMARTS) is 1. The Bertz CT molecular complexity index is 191. The highest BCUT2D eigenvalue weighted by Crippen LogP contribution is 2.07. The van der Waals surface area contributed by atoms with Gasteiger partial charge in [0, 0.05) is 13.1 Å². The van der Waals surface area contributed by atoms with Crippen LogP contribution >= 0.6 is 0 Å². The first-order valence-corrected chi connectivity index (χ1v) is 5.92. The minimum absolute atomic E-state index is 0.380. The van der Waals surface area contributed by atoms with Crippen LogP contribution in [-0.4, -0.2) is 48.2 Å². The minimum atomic E-state index is -0.740. The lowest BCUT2D eigenvalue weighted by Crippen LogP contribution is -2.42. The van der Waals surface area contributed by atoms with Gasteiger partial charge in [0.05, 0.1) is 0 Å². The molecule has 1 atom stereocenters. The smallest absolute Gasteiger partial charge is 0.320 e. The topological polar surface area (TPSA) is 52.6 Å². The second kappa shape index (κ2) is 6.80. The summed E-state index contributed by atoms with van der Waals surface area (Å²) in [6, 6.07) is -0.380. The molecule has 1 aliphatic heterocycles. The zero-order chi connectivity index (χ0) is 11.1. The third-order valence-corrected chi connectivity index (χ3v) is 2.97. The van der Waals surface area contributed by atoms with Crippen molar-refractivity contribution in [3.8, 4) is 0 Å². The maximum absolute atomic E-state index is 10.7. The second-order valence-corrected chi connectivity index (χ2v) is 4.16. The number of carbonyl (C=O) groups is 1. The van der Waals surface area contributed by atoms with Gasteiger partial charge in [0.2, 0.25) is 0 Å². The molecule has 88 valence electrons. The van der Waals surface area contributed by atoms with Gasteiger partial charge in [-0.25, -0.2) is 0 Å². The fourth-order valence-corrected chi connectivity index (χ4v) is 1.99. The van der Waals surface area contributed by atoms with Crippen molar-refractivity contribution in [2.75, 3.05) is 26.2 Å². The molecule has 0 radical (unpaired) electrons. The molecule has 1 rings (SSSR count). The van der Waals surface area contributed by atoms with Crippen LogP contribution in [0.1, 0.15) is 32.6 Å². The summed E-state index contributed by atoms with van der Waals surface area (Å²) in [7, 11) is 0. The van der Waals surface area contributed by atoms with Crippen LogP contribution in [-0.2, 0) is 4.79 Å². The van der Waals surface area contributed by atoms with Crippen LogP contribution in [0.2, 0.25) is 0 Å². The zero-order valence-corrected chi connectivity index (χ0v) is 9.54. The average molecular weight is 214 g/mol. The molecule has 1 fully saturated rings. The number of hydrogen-bond acceptors (Lipinski definition) is 3. The highest BCUT2D eigenvalue weighted by molar-refractivity contribution is 5.73. The molecule has 15 heavy (non-hydrogen) atoms.